The van der Waals surface area contributed by atoms with Crippen molar-refractivity contribution < 1.29 is 22.7 Å². The van der Waals surface area contributed by atoms with Crippen molar-refractivity contribution in [2.24, 2.45) is 0 Å². The van der Waals surface area contributed by atoms with Crippen LogP contribution < -0.4 is 5.32 Å². The normalized spacial score (nSPS) is 11.7. The van der Waals surface area contributed by atoms with E-state index < -0.39 is 11.7 Å². The third-order valence-electron chi connectivity index (χ3n) is 2.32. The van der Waals surface area contributed by atoms with Gasteiger partial charge in [0, 0.05) is 6.54 Å². The highest BCUT2D eigenvalue weighted by Gasteiger charge is 2.29. The van der Waals surface area contributed by atoms with E-state index in [1.807, 2.05) is 13.8 Å². The molecule has 1 aromatic carbocycles. The fourth-order valence-electron chi connectivity index (χ4n) is 1.31. The SMILES string of the molecule is CC(C)OCC(=O)NCc1ccc(C(F)(F)F)cc1. The largest absolute Gasteiger partial charge is 0.416 e. The van der Waals surface area contributed by atoms with Gasteiger partial charge in [0.2, 0.25) is 5.91 Å². The molecule has 0 aliphatic heterocycles. The summed E-state index contributed by atoms with van der Waals surface area (Å²) in [5, 5.41) is 2.57. The van der Waals surface area contributed by atoms with E-state index in [2.05, 4.69) is 5.32 Å². The van der Waals surface area contributed by atoms with Gasteiger partial charge in [0.25, 0.3) is 0 Å². The summed E-state index contributed by atoms with van der Waals surface area (Å²) >= 11 is 0. The maximum atomic E-state index is 12.3. The van der Waals surface area contributed by atoms with E-state index in [1.165, 1.54) is 12.1 Å². The van der Waals surface area contributed by atoms with Crippen molar-refractivity contribution >= 4 is 5.91 Å². The van der Waals surface area contributed by atoms with Gasteiger partial charge in [-0.1, -0.05) is 12.1 Å². The highest BCUT2D eigenvalue weighted by atomic mass is 19.4. The Bertz CT molecular complexity index is 413. The van der Waals surface area contributed by atoms with Crippen molar-refractivity contribution in [1.29, 1.82) is 0 Å². The molecule has 1 rings (SSSR count). The van der Waals surface area contributed by atoms with Crippen LogP contribution in [0.2, 0.25) is 0 Å². The Morgan fingerprint density at radius 2 is 1.84 bits per heavy atom. The van der Waals surface area contributed by atoms with Crippen LogP contribution in [0, 0.1) is 0 Å². The van der Waals surface area contributed by atoms with Crippen molar-refractivity contribution in [3.05, 3.63) is 35.4 Å². The van der Waals surface area contributed by atoms with E-state index in [0.717, 1.165) is 12.1 Å². The monoisotopic (exact) mass is 275 g/mol. The number of amides is 1. The van der Waals surface area contributed by atoms with E-state index >= 15 is 0 Å². The second-order valence-electron chi connectivity index (χ2n) is 4.33. The fourth-order valence-corrected chi connectivity index (χ4v) is 1.31. The first kappa shape index (κ1) is 15.5. The van der Waals surface area contributed by atoms with Crippen LogP contribution in [0.4, 0.5) is 13.2 Å². The molecule has 1 amide bonds. The molecule has 106 valence electrons. The van der Waals surface area contributed by atoms with Crippen molar-refractivity contribution in [2.45, 2.75) is 32.7 Å². The zero-order chi connectivity index (χ0) is 14.5. The molecule has 0 unspecified atom stereocenters. The molecule has 0 saturated heterocycles. The van der Waals surface area contributed by atoms with Gasteiger partial charge in [-0.05, 0) is 31.5 Å². The third-order valence-corrected chi connectivity index (χ3v) is 2.32. The average molecular weight is 275 g/mol. The van der Waals surface area contributed by atoms with E-state index in [-0.39, 0.29) is 25.2 Å². The zero-order valence-corrected chi connectivity index (χ0v) is 10.8. The Morgan fingerprint density at radius 3 is 2.32 bits per heavy atom. The van der Waals surface area contributed by atoms with E-state index in [0.29, 0.717) is 5.56 Å². The molecule has 0 bridgehead atoms. The number of hydrogen-bond acceptors (Lipinski definition) is 2. The number of carbonyl (C=O) groups excluding carboxylic acids is 1. The molecular weight excluding hydrogens is 259 g/mol. The molecule has 0 fully saturated rings. The summed E-state index contributed by atoms with van der Waals surface area (Å²) in [5.74, 6) is -0.298. The molecule has 0 aliphatic rings. The first-order valence-electron chi connectivity index (χ1n) is 5.83. The molecule has 0 radical (unpaired) electrons. The first-order chi connectivity index (χ1) is 8.79. The van der Waals surface area contributed by atoms with Gasteiger partial charge >= 0.3 is 6.18 Å². The lowest BCUT2D eigenvalue weighted by Crippen LogP contribution is -2.28. The van der Waals surface area contributed by atoms with Crippen LogP contribution in [0.1, 0.15) is 25.0 Å². The topological polar surface area (TPSA) is 38.3 Å². The molecule has 1 N–H and O–H groups in total. The fraction of sp³-hybridized carbons (Fsp3) is 0.462. The zero-order valence-electron chi connectivity index (χ0n) is 10.8. The molecule has 3 nitrogen and oxygen atoms in total. The van der Waals surface area contributed by atoms with Gasteiger partial charge in [-0.15, -0.1) is 0 Å². The van der Waals surface area contributed by atoms with Crippen LogP contribution >= 0.6 is 0 Å². The van der Waals surface area contributed by atoms with Crippen LogP contribution in [0.3, 0.4) is 0 Å². The Kier molecular flexibility index (Phi) is 5.35. The second-order valence-corrected chi connectivity index (χ2v) is 4.33. The summed E-state index contributed by atoms with van der Waals surface area (Å²) in [4.78, 5) is 11.3. The predicted octanol–water partition coefficient (Wildman–Crippen LogP) is 2.75. The number of alkyl halides is 3. The molecule has 6 heteroatoms. The van der Waals surface area contributed by atoms with Crippen molar-refractivity contribution in [3.63, 3.8) is 0 Å². The van der Waals surface area contributed by atoms with Crippen LogP contribution in [0.25, 0.3) is 0 Å². The standard InChI is InChI=1S/C13H16F3NO2/c1-9(2)19-8-12(18)17-7-10-3-5-11(6-4-10)13(14,15)16/h3-6,9H,7-8H2,1-2H3,(H,17,18). The van der Waals surface area contributed by atoms with E-state index in [4.69, 9.17) is 4.74 Å². The summed E-state index contributed by atoms with van der Waals surface area (Å²) in [7, 11) is 0. The summed E-state index contributed by atoms with van der Waals surface area (Å²) in [5.41, 5.74) is -0.100. The molecular formula is C13H16F3NO2. The number of halogens is 3. The number of rotatable bonds is 5. The lowest BCUT2D eigenvalue weighted by Gasteiger charge is -2.10. The Morgan fingerprint density at radius 1 is 1.26 bits per heavy atom. The maximum absolute atomic E-state index is 12.3. The van der Waals surface area contributed by atoms with Gasteiger partial charge in [0.1, 0.15) is 6.61 Å². The molecule has 0 saturated carbocycles. The summed E-state index contributed by atoms with van der Waals surface area (Å²) in [6.45, 7) is 3.74. The van der Waals surface area contributed by atoms with Gasteiger partial charge in [0.15, 0.2) is 0 Å². The lowest BCUT2D eigenvalue weighted by atomic mass is 10.1. The van der Waals surface area contributed by atoms with Crippen molar-refractivity contribution in [2.75, 3.05) is 6.61 Å². The van der Waals surface area contributed by atoms with Gasteiger partial charge in [-0.3, -0.25) is 4.79 Å². The molecule has 19 heavy (non-hydrogen) atoms. The molecule has 0 heterocycles. The summed E-state index contributed by atoms with van der Waals surface area (Å²) in [6, 6.07) is 4.66. The number of ether oxygens (including phenoxy) is 1. The van der Waals surface area contributed by atoms with E-state index in [1.54, 1.807) is 0 Å². The number of nitrogens with one attached hydrogen (secondary N) is 1. The Balaban J connectivity index is 2.44. The Hall–Kier alpha value is -1.56. The highest BCUT2D eigenvalue weighted by Crippen LogP contribution is 2.28. The Labute approximate surface area is 109 Å². The molecule has 0 atom stereocenters. The quantitative estimate of drug-likeness (QED) is 0.897. The van der Waals surface area contributed by atoms with E-state index in [9.17, 15) is 18.0 Å². The lowest BCUT2D eigenvalue weighted by molar-refractivity contribution is -0.137. The molecule has 0 spiro atoms. The smallest absolute Gasteiger partial charge is 0.369 e. The first-order valence-corrected chi connectivity index (χ1v) is 5.83. The van der Waals surface area contributed by atoms with Crippen LogP contribution in [0.15, 0.2) is 24.3 Å². The molecule has 0 aromatic heterocycles. The van der Waals surface area contributed by atoms with Gasteiger partial charge in [-0.25, -0.2) is 0 Å². The van der Waals surface area contributed by atoms with Crippen molar-refractivity contribution in [1.82, 2.24) is 5.32 Å². The van der Waals surface area contributed by atoms with Crippen molar-refractivity contribution in [3.8, 4) is 0 Å². The predicted molar refractivity (Wildman–Crippen MR) is 64.4 cm³/mol. The van der Waals surface area contributed by atoms with Gasteiger partial charge in [-0.2, -0.15) is 13.2 Å². The minimum Gasteiger partial charge on any atom is -0.369 e. The summed E-state index contributed by atoms with van der Waals surface area (Å²) in [6.07, 6.45) is -4.39. The van der Waals surface area contributed by atoms with Crippen LogP contribution in [-0.2, 0) is 22.3 Å². The van der Waals surface area contributed by atoms with Crippen LogP contribution in [-0.4, -0.2) is 18.6 Å². The van der Waals surface area contributed by atoms with Gasteiger partial charge in [0.05, 0.1) is 11.7 Å². The maximum Gasteiger partial charge on any atom is 0.416 e. The highest BCUT2D eigenvalue weighted by molar-refractivity contribution is 5.77. The number of carbonyl (C=O) groups is 1. The number of hydrogen-bond donors (Lipinski definition) is 1. The summed E-state index contributed by atoms with van der Waals surface area (Å²) < 4.78 is 42.1. The minimum absolute atomic E-state index is 0.0446. The third kappa shape index (κ3) is 5.74. The molecule has 1 aromatic rings. The van der Waals surface area contributed by atoms with Gasteiger partial charge < -0.3 is 10.1 Å². The molecule has 0 aliphatic carbocycles. The average Bonchev–Trinajstić information content (AvgIpc) is 2.33. The number of benzene rings is 1. The second kappa shape index (κ2) is 6.56. The minimum atomic E-state index is -4.34. The van der Waals surface area contributed by atoms with Crippen LogP contribution in [0.5, 0.6) is 0 Å².